The first-order valence-corrected chi connectivity index (χ1v) is 6.80. The summed E-state index contributed by atoms with van der Waals surface area (Å²) >= 11 is 1.66. The molecule has 0 radical (unpaired) electrons. The van der Waals surface area contributed by atoms with E-state index in [1.165, 1.54) is 0 Å². The first-order chi connectivity index (χ1) is 9.74. The smallest absolute Gasteiger partial charge is 0.290 e. The summed E-state index contributed by atoms with van der Waals surface area (Å²) in [6.07, 6.45) is 0. The highest BCUT2D eigenvalue weighted by atomic mass is 32.2. The third-order valence-electron chi connectivity index (χ3n) is 2.53. The molecule has 0 spiro atoms. The van der Waals surface area contributed by atoms with Crippen LogP contribution in [0.5, 0.6) is 0 Å². The van der Waals surface area contributed by atoms with E-state index in [4.69, 9.17) is 15.6 Å². The third kappa shape index (κ3) is 5.05. The summed E-state index contributed by atoms with van der Waals surface area (Å²) in [5, 5.41) is 16.1. The molecular formula is C15H17NO3S. The Morgan fingerprint density at radius 2 is 1.70 bits per heavy atom. The van der Waals surface area contributed by atoms with E-state index in [0.29, 0.717) is 6.54 Å². The topological polar surface area (TPSA) is 83.5 Å². The molecule has 0 amide bonds. The maximum absolute atomic E-state index is 9.25. The van der Waals surface area contributed by atoms with Crippen molar-refractivity contribution in [1.29, 1.82) is 0 Å². The summed E-state index contributed by atoms with van der Waals surface area (Å²) in [4.78, 5) is 10.6. The largest absolute Gasteiger partial charge is 0.483 e. The number of aliphatic hydroxyl groups is 1. The highest BCUT2D eigenvalue weighted by Gasteiger charge is 2.02. The maximum atomic E-state index is 9.25. The molecule has 2 rings (SSSR count). The van der Waals surface area contributed by atoms with E-state index in [0.717, 1.165) is 20.9 Å². The van der Waals surface area contributed by atoms with Gasteiger partial charge in [-0.1, -0.05) is 42.1 Å². The molecule has 0 aliphatic carbocycles. The Labute approximate surface area is 122 Å². The second-order valence-corrected chi connectivity index (χ2v) is 4.94. The highest BCUT2D eigenvalue weighted by Crippen LogP contribution is 2.30. The fraction of sp³-hybridized carbons (Fsp3) is 0.133. The van der Waals surface area contributed by atoms with Gasteiger partial charge in [0.05, 0.1) is 6.61 Å². The van der Waals surface area contributed by atoms with Crippen LogP contribution in [0.3, 0.4) is 0 Å². The van der Waals surface area contributed by atoms with Gasteiger partial charge in [-0.25, -0.2) is 0 Å². The average Bonchev–Trinajstić information content (AvgIpc) is 2.49. The van der Waals surface area contributed by atoms with Crippen molar-refractivity contribution in [3.05, 3.63) is 59.7 Å². The van der Waals surface area contributed by atoms with Crippen LogP contribution < -0.4 is 5.73 Å². The van der Waals surface area contributed by atoms with Gasteiger partial charge in [-0.2, -0.15) is 0 Å². The number of aliphatic hydroxyl groups excluding tert-OH is 1. The molecule has 5 heteroatoms. The van der Waals surface area contributed by atoms with Crippen molar-refractivity contribution >= 4 is 18.2 Å². The Morgan fingerprint density at radius 3 is 2.25 bits per heavy atom. The van der Waals surface area contributed by atoms with Crippen molar-refractivity contribution in [2.24, 2.45) is 5.73 Å². The van der Waals surface area contributed by atoms with E-state index in [9.17, 15) is 5.11 Å². The lowest BCUT2D eigenvalue weighted by Crippen LogP contribution is -1.95. The van der Waals surface area contributed by atoms with E-state index in [-0.39, 0.29) is 13.1 Å². The summed E-state index contributed by atoms with van der Waals surface area (Å²) in [5.74, 6) is 0. The predicted molar refractivity (Wildman–Crippen MR) is 79.5 cm³/mol. The zero-order valence-electron chi connectivity index (χ0n) is 10.9. The summed E-state index contributed by atoms with van der Waals surface area (Å²) in [6.45, 7) is 0.391. The van der Waals surface area contributed by atoms with Crippen LogP contribution in [0.4, 0.5) is 0 Å². The normalized spacial score (nSPS) is 9.50. The molecule has 0 aliphatic heterocycles. The van der Waals surface area contributed by atoms with E-state index in [1.54, 1.807) is 11.8 Å². The predicted octanol–water partition coefficient (Wildman–Crippen LogP) is 2.49. The fourth-order valence-corrected chi connectivity index (χ4v) is 2.49. The summed E-state index contributed by atoms with van der Waals surface area (Å²) in [6, 6.07) is 16.1. The van der Waals surface area contributed by atoms with Crippen molar-refractivity contribution in [2.75, 3.05) is 0 Å². The first kappa shape index (κ1) is 16.2. The third-order valence-corrected chi connectivity index (χ3v) is 3.66. The quantitative estimate of drug-likeness (QED) is 0.754. The molecule has 0 heterocycles. The lowest BCUT2D eigenvalue weighted by atomic mass is 10.2. The molecule has 0 atom stereocenters. The van der Waals surface area contributed by atoms with Gasteiger partial charge in [-0.15, -0.1) is 0 Å². The van der Waals surface area contributed by atoms with Crippen LogP contribution in [0.2, 0.25) is 0 Å². The number of benzene rings is 2. The minimum atomic E-state index is -0.250. The number of carbonyl (C=O) groups is 1. The number of hydrogen-bond acceptors (Lipinski definition) is 4. The van der Waals surface area contributed by atoms with Crippen LogP contribution in [0.15, 0.2) is 58.3 Å². The number of rotatable bonds is 4. The van der Waals surface area contributed by atoms with Crippen molar-refractivity contribution in [2.45, 2.75) is 22.9 Å². The molecule has 2 aromatic rings. The van der Waals surface area contributed by atoms with Crippen LogP contribution in [0.25, 0.3) is 0 Å². The number of hydrogen-bond donors (Lipinski definition) is 3. The zero-order chi connectivity index (χ0) is 14.8. The molecular weight excluding hydrogens is 274 g/mol. The van der Waals surface area contributed by atoms with Crippen LogP contribution in [-0.2, 0) is 17.9 Å². The van der Waals surface area contributed by atoms with Gasteiger partial charge in [0.25, 0.3) is 6.47 Å². The van der Waals surface area contributed by atoms with E-state index >= 15 is 0 Å². The molecule has 0 bridgehead atoms. The first-order valence-electron chi connectivity index (χ1n) is 5.98. The van der Waals surface area contributed by atoms with E-state index in [2.05, 4.69) is 12.1 Å². The Bertz CT molecular complexity index is 529. The number of nitrogens with two attached hydrogens (primary N) is 1. The van der Waals surface area contributed by atoms with Gasteiger partial charge >= 0.3 is 0 Å². The summed E-state index contributed by atoms with van der Waals surface area (Å²) in [7, 11) is 0. The standard InChI is InChI=1S/C14H15NOS.CH2O2/c15-9-11-5-7-13(8-6-11)17-14-4-2-1-3-12(14)10-16;2-1-3/h1-8,16H,9-10,15H2;1H,(H,2,3). The van der Waals surface area contributed by atoms with Crippen molar-refractivity contribution < 1.29 is 15.0 Å². The van der Waals surface area contributed by atoms with E-state index < -0.39 is 0 Å². The van der Waals surface area contributed by atoms with E-state index in [1.807, 2.05) is 36.4 Å². The van der Waals surface area contributed by atoms with Crippen LogP contribution in [0, 0.1) is 0 Å². The molecule has 0 aliphatic rings. The lowest BCUT2D eigenvalue weighted by molar-refractivity contribution is -0.122. The highest BCUT2D eigenvalue weighted by molar-refractivity contribution is 7.99. The maximum Gasteiger partial charge on any atom is 0.290 e. The molecule has 0 aromatic heterocycles. The van der Waals surface area contributed by atoms with Crippen LogP contribution in [-0.4, -0.2) is 16.7 Å². The second kappa shape index (κ2) is 9.14. The Balaban J connectivity index is 0.000000612. The van der Waals surface area contributed by atoms with Gasteiger partial charge in [0.15, 0.2) is 0 Å². The van der Waals surface area contributed by atoms with Gasteiger partial charge < -0.3 is 15.9 Å². The van der Waals surface area contributed by atoms with Crippen molar-refractivity contribution in [3.63, 3.8) is 0 Å². The number of carboxylic acid groups (broad SMARTS) is 1. The molecule has 106 valence electrons. The van der Waals surface area contributed by atoms with Gasteiger partial charge in [-0.05, 0) is 29.3 Å². The van der Waals surface area contributed by atoms with Crippen LogP contribution >= 0.6 is 11.8 Å². The van der Waals surface area contributed by atoms with Crippen molar-refractivity contribution in [1.82, 2.24) is 0 Å². The molecule has 0 unspecified atom stereocenters. The Morgan fingerprint density at radius 1 is 1.10 bits per heavy atom. The fourth-order valence-electron chi connectivity index (χ4n) is 1.55. The molecule has 20 heavy (non-hydrogen) atoms. The zero-order valence-corrected chi connectivity index (χ0v) is 11.7. The Hall–Kier alpha value is -1.82. The molecule has 4 nitrogen and oxygen atoms in total. The van der Waals surface area contributed by atoms with Gasteiger partial charge in [-0.3, -0.25) is 4.79 Å². The minimum Gasteiger partial charge on any atom is -0.483 e. The SMILES string of the molecule is NCc1ccc(Sc2ccccc2CO)cc1.O=CO. The summed E-state index contributed by atoms with van der Waals surface area (Å²) in [5.41, 5.74) is 7.65. The molecule has 0 saturated heterocycles. The molecule has 2 aromatic carbocycles. The minimum absolute atomic E-state index is 0.0735. The molecule has 0 fully saturated rings. The molecule has 0 saturated carbocycles. The molecule has 4 N–H and O–H groups in total. The second-order valence-electron chi connectivity index (χ2n) is 3.82. The average molecular weight is 291 g/mol. The van der Waals surface area contributed by atoms with Gasteiger partial charge in [0.1, 0.15) is 0 Å². The van der Waals surface area contributed by atoms with Crippen LogP contribution in [0.1, 0.15) is 11.1 Å². The van der Waals surface area contributed by atoms with Gasteiger partial charge in [0, 0.05) is 16.3 Å². The Kier molecular flexibility index (Phi) is 7.42. The monoisotopic (exact) mass is 291 g/mol. The van der Waals surface area contributed by atoms with Gasteiger partial charge in [0.2, 0.25) is 0 Å². The van der Waals surface area contributed by atoms with Crippen molar-refractivity contribution in [3.8, 4) is 0 Å². The lowest BCUT2D eigenvalue weighted by Gasteiger charge is -2.07. The summed E-state index contributed by atoms with van der Waals surface area (Å²) < 4.78 is 0.